The van der Waals surface area contributed by atoms with Gasteiger partial charge in [-0.15, -0.1) is 0 Å². The van der Waals surface area contributed by atoms with Crippen LogP contribution in [0.1, 0.15) is 18.0 Å². The van der Waals surface area contributed by atoms with Crippen molar-refractivity contribution in [3.63, 3.8) is 0 Å². The van der Waals surface area contributed by atoms with Crippen LogP contribution in [-0.2, 0) is 11.8 Å². The van der Waals surface area contributed by atoms with E-state index in [2.05, 4.69) is 10.4 Å². The standard InChI is InChI=1S/C16H20N4O2/c1-19-10-13(9-17-19)20-8-7-14(16(20)22)18-15(11-21)12-5-3-2-4-6-12/h2-6,9-10,14-15,18,21H,7-8,11H2,1H3/t14-,15-/m0/s1. The molecule has 0 bridgehead atoms. The molecular weight excluding hydrogens is 280 g/mol. The Balaban J connectivity index is 1.70. The summed E-state index contributed by atoms with van der Waals surface area (Å²) in [6, 6.07) is 9.18. The molecule has 0 unspecified atom stereocenters. The van der Waals surface area contributed by atoms with Crippen LogP contribution in [0.5, 0.6) is 0 Å². The minimum Gasteiger partial charge on any atom is -0.394 e. The first-order valence-electron chi connectivity index (χ1n) is 7.41. The third-order valence-corrected chi connectivity index (χ3v) is 4.00. The first kappa shape index (κ1) is 14.7. The number of nitrogens with zero attached hydrogens (tertiary/aromatic N) is 3. The molecule has 0 aliphatic carbocycles. The topological polar surface area (TPSA) is 70.4 Å². The highest BCUT2D eigenvalue weighted by molar-refractivity contribution is 5.99. The molecule has 0 spiro atoms. The summed E-state index contributed by atoms with van der Waals surface area (Å²) >= 11 is 0. The third kappa shape index (κ3) is 2.88. The summed E-state index contributed by atoms with van der Waals surface area (Å²) in [6.45, 7) is 0.621. The molecule has 2 atom stereocenters. The zero-order valence-corrected chi connectivity index (χ0v) is 12.5. The third-order valence-electron chi connectivity index (χ3n) is 4.00. The van der Waals surface area contributed by atoms with Crippen molar-refractivity contribution in [3.8, 4) is 0 Å². The van der Waals surface area contributed by atoms with E-state index in [-0.39, 0.29) is 24.6 Å². The number of amides is 1. The lowest BCUT2D eigenvalue weighted by atomic mass is 10.1. The molecule has 1 saturated heterocycles. The number of anilines is 1. The molecule has 3 rings (SSSR count). The first-order chi connectivity index (χ1) is 10.7. The number of nitrogens with one attached hydrogen (secondary N) is 1. The summed E-state index contributed by atoms with van der Waals surface area (Å²) in [5, 5.41) is 17.0. The number of rotatable bonds is 5. The van der Waals surface area contributed by atoms with Gasteiger partial charge >= 0.3 is 0 Å². The van der Waals surface area contributed by atoms with Crippen molar-refractivity contribution < 1.29 is 9.90 Å². The minimum atomic E-state index is -0.280. The van der Waals surface area contributed by atoms with Crippen LogP contribution in [-0.4, -0.2) is 40.0 Å². The van der Waals surface area contributed by atoms with Crippen LogP contribution < -0.4 is 10.2 Å². The van der Waals surface area contributed by atoms with Crippen LogP contribution in [0.15, 0.2) is 42.7 Å². The number of carbonyl (C=O) groups excluding carboxylic acids is 1. The molecule has 116 valence electrons. The van der Waals surface area contributed by atoms with Crippen molar-refractivity contribution in [3.05, 3.63) is 48.3 Å². The molecule has 1 aliphatic rings. The van der Waals surface area contributed by atoms with Crippen LogP contribution in [0, 0.1) is 0 Å². The zero-order chi connectivity index (χ0) is 15.5. The molecule has 1 aromatic carbocycles. The van der Waals surface area contributed by atoms with Crippen LogP contribution in [0.3, 0.4) is 0 Å². The van der Waals surface area contributed by atoms with E-state index >= 15 is 0 Å². The normalized spacial score (nSPS) is 19.6. The Labute approximate surface area is 129 Å². The maximum absolute atomic E-state index is 12.5. The summed E-state index contributed by atoms with van der Waals surface area (Å²) in [5.41, 5.74) is 1.80. The maximum atomic E-state index is 12.5. The number of aromatic nitrogens is 2. The van der Waals surface area contributed by atoms with Crippen molar-refractivity contribution in [2.45, 2.75) is 18.5 Å². The van der Waals surface area contributed by atoms with Crippen molar-refractivity contribution in [1.29, 1.82) is 0 Å². The highest BCUT2D eigenvalue weighted by atomic mass is 16.3. The predicted molar refractivity (Wildman–Crippen MR) is 83.4 cm³/mol. The number of aliphatic hydroxyl groups excluding tert-OH is 1. The molecule has 1 aromatic heterocycles. The average molecular weight is 300 g/mol. The van der Waals surface area contributed by atoms with Gasteiger partial charge in [-0.05, 0) is 12.0 Å². The number of hydrogen-bond acceptors (Lipinski definition) is 4. The summed E-state index contributed by atoms with van der Waals surface area (Å²) in [4.78, 5) is 14.3. The largest absolute Gasteiger partial charge is 0.394 e. The van der Waals surface area contributed by atoms with Crippen LogP contribution >= 0.6 is 0 Å². The van der Waals surface area contributed by atoms with Crippen molar-refractivity contribution in [2.24, 2.45) is 7.05 Å². The number of aryl methyl sites for hydroxylation is 1. The summed E-state index contributed by atoms with van der Waals surface area (Å²) in [7, 11) is 1.83. The van der Waals surface area contributed by atoms with Crippen molar-refractivity contribution in [1.82, 2.24) is 15.1 Å². The molecule has 1 aliphatic heterocycles. The summed E-state index contributed by atoms with van der Waals surface area (Å²) in [6.07, 6.45) is 4.25. The molecule has 2 heterocycles. The lowest BCUT2D eigenvalue weighted by molar-refractivity contribution is -0.119. The van der Waals surface area contributed by atoms with Gasteiger partial charge in [-0.25, -0.2) is 0 Å². The molecule has 0 radical (unpaired) electrons. The second kappa shape index (κ2) is 6.29. The van der Waals surface area contributed by atoms with Crippen LogP contribution in [0.25, 0.3) is 0 Å². The molecule has 6 heteroatoms. The van der Waals surface area contributed by atoms with E-state index in [1.807, 2.05) is 43.6 Å². The van der Waals surface area contributed by atoms with Gasteiger partial charge in [0, 0.05) is 19.8 Å². The molecule has 6 nitrogen and oxygen atoms in total. The summed E-state index contributed by atoms with van der Waals surface area (Å²) in [5.74, 6) is 0.0300. The average Bonchev–Trinajstić information content (AvgIpc) is 3.12. The Morgan fingerprint density at radius 2 is 2.18 bits per heavy atom. The Bertz CT molecular complexity index is 641. The number of aliphatic hydroxyl groups is 1. The quantitative estimate of drug-likeness (QED) is 0.859. The van der Waals surface area contributed by atoms with Gasteiger partial charge in [0.15, 0.2) is 0 Å². The lowest BCUT2D eigenvalue weighted by Gasteiger charge is -2.21. The van der Waals surface area contributed by atoms with Gasteiger partial charge < -0.3 is 10.0 Å². The van der Waals surface area contributed by atoms with E-state index < -0.39 is 0 Å². The van der Waals surface area contributed by atoms with E-state index in [4.69, 9.17) is 0 Å². The Hall–Kier alpha value is -2.18. The van der Waals surface area contributed by atoms with Gasteiger partial charge in [0.1, 0.15) is 0 Å². The number of benzene rings is 1. The van der Waals surface area contributed by atoms with Gasteiger partial charge in [0.25, 0.3) is 0 Å². The number of carbonyl (C=O) groups is 1. The van der Waals surface area contributed by atoms with Gasteiger partial charge in [-0.3, -0.25) is 14.8 Å². The lowest BCUT2D eigenvalue weighted by Crippen LogP contribution is -2.41. The monoisotopic (exact) mass is 300 g/mol. The fourth-order valence-corrected chi connectivity index (χ4v) is 2.82. The molecule has 22 heavy (non-hydrogen) atoms. The highest BCUT2D eigenvalue weighted by Crippen LogP contribution is 2.23. The van der Waals surface area contributed by atoms with Crippen LogP contribution in [0.4, 0.5) is 5.69 Å². The van der Waals surface area contributed by atoms with E-state index in [0.717, 1.165) is 17.7 Å². The zero-order valence-electron chi connectivity index (χ0n) is 12.5. The van der Waals surface area contributed by atoms with E-state index in [0.29, 0.717) is 6.54 Å². The van der Waals surface area contributed by atoms with E-state index in [1.165, 1.54) is 0 Å². The first-order valence-corrected chi connectivity index (χ1v) is 7.41. The van der Waals surface area contributed by atoms with E-state index in [1.54, 1.807) is 15.8 Å². The molecule has 1 fully saturated rings. The molecule has 1 amide bonds. The summed E-state index contributed by atoms with van der Waals surface area (Å²) < 4.78 is 1.68. The molecule has 0 saturated carbocycles. The second-order valence-electron chi connectivity index (χ2n) is 5.52. The van der Waals surface area contributed by atoms with E-state index in [9.17, 15) is 9.90 Å². The van der Waals surface area contributed by atoms with Gasteiger partial charge in [-0.1, -0.05) is 30.3 Å². The molecular formula is C16H20N4O2. The van der Waals surface area contributed by atoms with Crippen molar-refractivity contribution >= 4 is 11.6 Å². The smallest absolute Gasteiger partial charge is 0.244 e. The van der Waals surface area contributed by atoms with Gasteiger partial charge in [-0.2, -0.15) is 5.10 Å². The maximum Gasteiger partial charge on any atom is 0.244 e. The minimum absolute atomic E-state index is 0.0300. The Morgan fingerprint density at radius 1 is 1.41 bits per heavy atom. The van der Waals surface area contributed by atoms with Crippen LogP contribution in [0.2, 0.25) is 0 Å². The predicted octanol–water partition coefficient (Wildman–Crippen LogP) is 0.849. The van der Waals surface area contributed by atoms with Gasteiger partial charge in [0.05, 0.1) is 30.6 Å². The highest BCUT2D eigenvalue weighted by Gasteiger charge is 2.34. The Kier molecular flexibility index (Phi) is 4.22. The molecule has 2 N–H and O–H groups in total. The van der Waals surface area contributed by atoms with Crippen molar-refractivity contribution in [2.75, 3.05) is 18.1 Å². The Morgan fingerprint density at radius 3 is 2.82 bits per heavy atom. The fraction of sp³-hybridized carbons (Fsp3) is 0.375. The number of hydrogen-bond donors (Lipinski definition) is 2. The molecule has 2 aromatic rings. The fourth-order valence-electron chi connectivity index (χ4n) is 2.82. The van der Waals surface area contributed by atoms with Gasteiger partial charge in [0.2, 0.25) is 5.91 Å². The SMILES string of the molecule is Cn1cc(N2CC[C@H](N[C@@H](CO)c3ccccc3)C2=O)cn1. The second-order valence-corrected chi connectivity index (χ2v) is 5.52.